The van der Waals surface area contributed by atoms with Crippen LogP contribution >= 0.6 is 0 Å². The molecule has 0 saturated carbocycles. The van der Waals surface area contributed by atoms with Crippen molar-refractivity contribution in [2.75, 3.05) is 7.05 Å². The molecule has 0 aliphatic rings. The smallest absolute Gasteiger partial charge is 0.128 e. The van der Waals surface area contributed by atoms with Gasteiger partial charge in [-0.2, -0.15) is 5.10 Å². The summed E-state index contributed by atoms with van der Waals surface area (Å²) in [6.07, 6.45) is 1.78. The molecule has 0 amide bonds. The van der Waals surface area contributed by atoms with Gasteiger partial charge in [-0.15, -0.1) is 0 Å². The van der Waals surface area contributed by atoms with Gasteiger partial charge in [0.15, 0.2) is 0 Å². The number of hydrogen-bond acceptors (Lipinski definition) is 2. The van der Waals surface area contributed by atoms with Gasteiger partial charge in [0, 0.05) is 22.9 Å². The Kier molecular flexibility index (Phi) is 5.12. The van der Waals surface area contributed by atoms with Gasteiger partial charge >= 0.3 is 0 Å². The van der Waals surface area contributed by atoms with Crippen LogP contribution in [0.3, 0.4) is 0 Å². The van der Waals surface area contributed by atoms with Crippen LogP contribution in [0.2, 0.25) is 0 Å². The minimum atomic E-state index is -0.170. The van der Waals surface area contributed by atoms with Crippen LogP contribution in [0, 0.1) is 5.82 Å². The molecule has 1 unspecified atom stereocenters. The van der Waals surface area contributed by atoms with E-state index in [1.54, 1.807) is 6.07 Å². The Labute approximate surface area is 126 Å². The lowest BCUT2D eigenvalue weighted by Gasteiger charge is -2.13. The molecular weight excluding hydrogens is 265 g/mol. The van der Waals surface area contributed by atoms with Gasteiger partial charge < -0.3 is 5.32 Å². The maximum atomic E-state index is 13.9. The van der Waals surface area contributed by atoms with E-state index in [4.69, 9.17) is 5.10 Å². The molecule has 0 bridgehead atoms. The number of nitrogens with one attached hydrogen (secondary N) is 1. The molecule has 1 heterocycles. The first-order valence-electron chi connectivity index (χ1n) is 7.61. The molecular formula is C17H24FN3. The fraction of sp³-hybridized carbons (Fsp3) is 0.471. The van der Waals surface area contributed by atoms with E-state index in [1.165, 1.54) is 17.3 Å². The number of aryl methyl sites for hydroxylation is 1. The third kappa shape index (κ3) is 3.16. The molecule has 1 atom stereocenters. The van der Waals surface area contributed by atoms with Crippen molar-refractivity contribution in [3.8, 4) is 0 Å². The van der Waals surface area contributed by atoms with E-state index < -0.39 is 0 Å². The van der Waals surface area contributed by atoms with Crippen LogP contribution in [0.5, 0.6) is 0 Å². The fourth-order valence-corrected chi connectivity index (χ4v) is 2.76. The number of nitrogens with zero attached hydrogens (tertiary/aromatic N) is 2. The molecule has 0 radical (unpaired) electrons. The summed E-state index contributed by atoms with van der Waals surface area (Å²) in [6, 6.07) is 7.16. The largest absolute Gasteiger partial charge is 0.313 e. The molecule has 2 aromatic rings. The SMILES string of the molecule is CCc1nn(Cc2ccccc2F)c(CC)c1C(C)NC. The molecule has 4 heteroatoms. The molecule has 3 nitrogen and oxygen atoms in total. The number of aromatic nitrogens is 2. The number of rotatable bonds is 6. The molecule has 0 aliphatic carbocycles. The first kappa shape index (κ1) is 15.7. The Hall–Kier alpha value is -1.68. The molecule has 114 valence electrons. The minimum absolute atomic E-state index is 0.170. The van der Waals surface area contributed by atoms with Crippen LogP contribution < -0.4 is 5.32 Å². The number of benzene rings is 1. The molecule has 21 heavy (non-hydrogen) atoms. The highest BCUT2D eigenvalue weighted by molar-refractivity contribution is 5.31. The molecule has 0 fully saturated rings. The summed E-state index contributed by atoms with van der Waals surface area (Å²) in [6.45, 7) is 6.86. The monoisotopic (exact) mass is 289 g/mol. The van der Waals surface area contributed by atoms with E-state index in [2.05, 4.69) is 26.1 Å². The summed E-state index contributed by atoms with van der Waals surface area (Å²) in [7, 11) is 1.96. The van der Waals surface area contributed by atoms with Crippen molar-refractivity contribution in [3.63, 3.8) is 0 Å². The molecule has 1 aromatic carbocycles. The van der Waals surface area contributed by atoms with E-state index in [0.29, 0.717) is 12.1 Å². The second-order valence-corrected chi connectivity index (χ2v) is 5.27. The van der Waals surface area contributed by atoms with Crippen LogP contribution in [0.15, 0.2) is 24.3 Å². The van der Waals surface area contributed by atoms with Gasteiger partial charge in [0.2, 0.25) is 0 Å². The Balaban J connectivity index is 2.44. The number of hydrogen-bond donors (Lipinski definition) is 1. The first-order chi connectivity index (χ1) is 10.1. The lowest BCUT2D eigenvalue weighted by molar-refractivity contribution is 0.571. The van der Waals surface area contributed by atoms with Crippen LogP contribution in [-0.2, 0) is 19.4 Å². The Bertz CT molecular complexity index is 604. The van der Waals surface area contributed by atoms with E-state index in [1.807, 2.05) is 23.9 Å². The van der Waals surface area contributed by atoms with Gasteiger partial charge in [-0.3, -0.25) is 4.68 Å². The fourth-order valence-electron chi connectivity index (χ4n) is 2.76. The topological polar surface area (TPSA) is 29.9 Å². The lowest BCUT2D eigenvalue weighted by Crippen LogP contribution is -2.16. The zero-order valence-electron chi connectivity index (χ0n) is 13.3. The average Bonchev–Trinajstić information content (AvgIpc) is 2.86. The number of halogens is 1. The Morgan fingerprint density at radius 1 is 1.24 bits per heavy atom. The summed E-state index contributed by atoms with van der Waals surface area (Å²) in [5.74, 6) is -0.170. The second-order valence-electron chi connectivity index (χ2n) is 5.27. The molecule has 0 spiro atoms. The lowest BCUT2D eigenvalue weighted by atomic mass is 10.0. The first-order valence-corrected chi connectivity index (χ1v) is 7.61. The van der Waals surface area contributed by atoms with Crippen LogP contribution in [0.1, 0.15) is 49.3 Å². The predicted octanol–water partition coefficient (Wildman–Crippen LogP) is 3.48. The predicted molar refractivity (Wildman–Crippen MR) is 84.0 cm³/mol. The van der Waals surface area contributed by atoms with Crippen LogP contribution in [-0.4, -0.2) is 16.8 Å². The van der Waals surface area contributed by atoms with Crippen molar-refractivity contribution < 1.29 is 4.39 Å². The average molecular weight is 289 g/mol. The summed E-state index contributed by atoms with van der Waals surface area (Å²) in [4.78, 5) is 0. The molecule has 1 aromatic heterocycles. The zero-order valence-corrected chi connectivity index (χ0v) is 13.3. The minimum Gasteiger partial charge on any atom is -0.313 e. The van der Waals surface area contributed by atoms with E-state index in [-0.39, 0.29) is 11.9 Å². The van der Waals surface area contributed by atoms with Crippen molar-refractivity contribution >= 4 is 0 Å². The Morgan fingerprint density at radius 2 is 1.95 bits per heavy atom. The maximum Gasteiger partial charge on any atom is 0.128 e. The quantitative estimate of drug-likeness (QED) is 0.882. The highest BCUT2D eigenvalue weighted by atomic mass is 19.1. The zero-order chi connectivity index (χ0) is 15.4. The van der Waals surface area contributed by atoms with Gasteiger partial charge in [0.05, 0.1) is 12.2 Å². The third-order valence-corrected chi connectivity index (χ3v) is 3.99. The Morgan fingerprint density at radius 3 is 2.52 bits per heavy atom. The second kappa shape index (κ2) is 6.85. The molecule has 0 aliphatic heterocycles. The van der Waals surface area contributed by atoms with Gasteiger partial charge in [0.25, 0.3) is 0 Å². The van der Waals surface area contributed by atoms with Crippen molar-refractivity contribution in [2.45, 2.75) is 46.2 Å². The van der Waals surface area contributed by atoms with Gasteiger partial charge in [-0.1, -0.05) is 32.0 Å². The van der Waals surface area contributed by atoms with Gasteiger partial charge in [-0.05, 0) is 32.9 Å². The van der Waals surface area contributed by atoms with Crippen molar-refractivity contribution in [2.24, 2.45) is 0 Å². The van der Waals surface area contributed by atoms with E-state index >= 15 is 0 Å². The highest BCUT2D eigenvalue weighted by Crippen LogP contribution is 2.24. The molecule has 2 rings (SSSR count). The summed E-state index contributed by atoms with van der Waals surface area (Å²) in [5.41, 5.74) is 4.24. The molecule has 1 N–H and O–H groups in total. The van der Waals surface area contributed by atoms with Crippen molar-refractivity contribution in [3.05, 3.63) is 52.6 Å². The van der Waals surface area contributed by atoms with Crippen LogP contribution in [0.4, 0.5) is 4.39 Å². The van der Waals surface area contributed by atoms with E-state index in [0.717, 1.165) is 18.5 Å². The van der Waals surface area contributed by atoms with Crippen molar-refractivity contribution in [1.29, 1.82) is 0 Å². The maximum absolute atomic E-state index is 13.9. The summed E-state index contributed by atoms with van der Waals surface area (Å²) < 4.78 is 15.8. The normalized spacial score (nSPS) is 12.6. The third-order valence-electron chi connectivity index (χ3n) is 3.99. The summed E-state index contributed by atoms with van der Waals surface area (Å²) >= 11 is 0. The van der Waals surface area contributed by atoms with Crippen LogP contribution in [0.25, 0.3) is 0 Å². The standard InChI is InChI=1S/C17H24FN3/c1-5-15-17(12(3)19-4)16(6-2)21(20-15)11-13-9-7-8-10-14(13)18/h7-10,12,19H,5-6,11H2,1-4H3. The van der Waals surface area contributed by atoms with Gasteiger partial charge in [0.1, 0.15) is 5.82 Å². The van der Waals surface area contributed by atoms with Gasteiger partial charge in [-0.25, -0.2) is 4.39 Å². The van der Waals surface area contributed by atoms with Crippen molar-refractivity contribution in [1.82, 2.24) is 15.1 Å². The van der Waals surface area contributed by atoms with E-state index in [9.17, 15) is 4.39 Å². The molecule has 0 saturated heterocycles. The summed E-state index contributed by atoms with van der Waals surface area (Å²) in [5, 5.41) is 8.01. The highest BCUT2D eigenvalue weighted by Gasteiger charge is 2.20.